The smallest absolute Gasteiger partial charge is 0.191 e. The van der Waals surface area contributed by atoms with Crippen LogP contribution in [0.5, 0.6) is 0 Å². The van der Waals surface area contributed by atoms with Crippen LogP contribution in [0.25, 0.3) is 0 Å². The van der Waals surface area contributed by atoms with Crippen molar-refractivity contribution in [3.8, 4) is 0 Å². The van der Waals surface area contributed by atoms with Crippen LogP contribution in [0.2, 0.25) is 0 Å². The van der Waals surface area contributed by atoms with Gasteiger partial charge in [-0.25, -0.2) is 4.98 Å². The fourth-order valence-corrected chi connectivity index (χ4v) is 3.59. The van der Waals surface area contributed by atoms with Crippen LogP contribution in [0.15, 0.2) is 35.5 Å². The summed E-state index contributed by atoms with van der Waals surface area (Å²) in [4.78, 5) is 9.94. The van der Waals surface area contributed by atoms with Gasteiger partial charge in [0.05, 0.1) is 6.54 Å². The second kappa shape index (κ2) is 7.34. The van der Waals surface area contributed by atoms with Crippen molar-refractivity contribution < 1.29 is 0 Å². The molecule has 2 aromatic rings. The molecule has 24 heavy (non-hydrogen) atoms. The lowest BCUT2D eigenvalue weighted by Gasteiger charge is -2.11. The highest BCUT2D eigenvalue weighted by atomic mass is 32.1. The molecule has 0 aliphatic heterocycles. The standard InChI is InChI=1S/C19H26N4S/c1-12(2)14-5-7-15(8-6-14)16-9-17(16)23-19(20-4)22-11-18-21-10-13(3)24-18/h5-8,10,12,16-17H,9,11H2,1-4H3,(H2,20,22,23). The maximum Gasteiger partial charge on any atom is 0.191 e. The Morgan fingerprint density at radius 3 is 2.67 bits per heavy atom. The Bertz CT molecular complexity index is 702. The number of rotatable bonds is 5. The summed E-state index contributed by atoms with van der Waals surface area (Å²) in [7, 11) is 1.82. The van der Waals surface area contributed by atoms with E-state index in [-0.39, 0.29) is 0 Å². The third kappa shape index (κ3) is 4.15. The molecule has 2 atom stereocenters. The van der Waals surface area contributed by atoms with E-state index in [0.29, 0.717) is 17.9 Å². The van der Waals surface area contributed by atoms with Crippen molar-refractivity contribution >= 4 is 17.3 Å². The predicted molar refractivity (Wildman–Crippen MR) is 102 cm³/mol. The number of nitrogens with one attached hydrogen (secondary N) is 2. The van der Waals surface area contributed by atoms with Gasteiger partial charge in [0.1, 0.15) is 5.01 Å². The molecule has 2 unspecified atom stereocenters. The lowest BCUT2D eigenvalue weighted by Crippen LogP contribution is -2.38. The quantitative estimate of drug-likeness (QED) is 0.642. The first-order chi connectivity index (χ1) is 11.6. The summed E-state index contributed by atoms with van der Waals surface area (Å²) in [6, 6.07) is 9.53. The first kappa shape index (κ1) is 17.0. The van der Waals surface area contributed by atoms with Gasteiger partial charge in [-0.3, -0.25) is 4.99 Å². The molecular formula is C19H26N4S. The van der Waals surface area contributed by atoms with Gasteiger partial charge in [0, 0.05) is 30.1 Å². The summed E-state index contributed by atoms with van der Waals surface area (Å²) < 4.78 is 0. The number of aromatic nitrogens is 1. The Kier molecular flexibility index (Phi) is 5.19. The van der Waals surface area contributed by atoms with E-state index in [1.807, 2.05) is 13.2 Å². The molecule has 1 saturated carbocycles. The van der Waals surface area contributed by atoms with Crippen molar-refractivity contribution in [1.29, 1.82) is 0 Å². The number of hydrogen-bond acceptors (Lipinski definition) is 3. The van der Waals surface area contributed by atoms with Gasteiger partial charge in [0.2, 0.25) is 0 Å². The summed E-state index contributed by atoms with van der Waals surface area (Å²) in [6.07, 6.45) is 3.08. The van der Waals surface area contributed by atoms with Crippen molar-refractivity contribution in [2.45, 2.75) is 51.6 Å². The predicted octanol–water partition coefficient (Wildman–Crippen LogP) is 3.80. The molecule has 128 valence electrons. The van der Waals surface area contributed by atoms with Gasteiger partial charge >= 0.3 is 0 Å². The number of nitrogens with zero attached hydrogens (tertiary/aromatic N) is 2. The van der Waals surface area contributed by atoms with Gasteiger partial charge in [-0.2, -0.15) is 0 Å². The van der Waals surface area contributed by atoms with Gasteiger partial charge in [-0.15, -0.1) is 11.3 Å². The average Bonchev–Trinajstić information content (AvgIpc) is 3.23. The Hall–Kier alpha value is -1.88. The third-order valence-corrected chi connectivity index (χ3v) is 5.36. The summed E-state index contributed by atoms with van der Waals surface area (Å²) >= 11 is 1.72. The first-order valence-electron chi connectivity index (χ1n) is 8.55. The molecule has 0 spiro atoms. The summed E-state index contributed by atoms with van der Waals surface area (Å²) in [6.45, 7) is 7.26. The van der Waals surface area contributed by atoms with Crippen LogP contribution in [0.1, 0.15) is 53.1 Å². The number of hydrogen-bond donors (Lipinski definition) is 2. The number of benzene rings is 1. The number of aryl methyl sites for hydroxylation is 1. The molecule has 1 aromatic heterocycles. The highest BCUT2D eigenvalue weighted by molar-refractivity contribution is 7.11. The molecule has 5 heteroatoms. The fraction of sp³-hybridized carbons (Fsp3) is 0.474. The molecule has 3 rings (SSSR count). The summed E-state index contributed by atoms with van der Waals surface area (Å²) in [5, 5.41) is 7.96. The minimum absolute atomic E-state index is 0.471. The molecule has 0 radical (unpaired) electrons. The molecule has 1 aliphatic carbocycles. The number of aliphatic imine (C=N–C) groups is 1. The maximum absolute atomic E-state index is 4.37. The van der Waals surface area contributed by atoms with E-state index in [1.54, 1.807) is 11.3 Å². The van der Waals surface area contributed by atoms with E-state index < -0.39 is 0 Å². The van der Waals surface area contributed by atoms with Crippen molar-refractivity contribution in [1.82, 2.24) is 15.6 Å². The largest absolute Gasteiger partial charge is 0.353 e. The van der Waals surface area contributed by atoms with Gasteiger partial charge in [0.25, 0.3) is 0 Å². The zero-order chi connectivity index (χ0) is 17.1. The molecule has 4 nitrogen and oxygen atoms in total. The minimum atomic E-state index is 0.471. The molecule has 0 amide bonds. The average molecular weight is 343 g/mol. The van der Waals surface area contributed by atoms with Gasteiger partial charge in [0.15, 0.2) is 5.96 Å². The summed E-state index contributed by atoms with van der Waals surface area (Å²) in [5.41, 5.74) is 2.82. The van der Waals surface area contributed by atoms with E-state index in [9.17, 15) is 0 Å². The normalized spacial score (nSPS) is 20.3. The number of guanidine groups is 1. The van der Waals surface area contributed by atoms with Crippen molar-refractivity contribution in [3.05, 3.63) is 51.5 Å². The van der Waals surface area contributed by atoms with Crippen LogP contribution in [-0.4, -0.2) is 24.0 Å². The van der Waals surface area contributed by atoms with E-state index in [4.69, 9.17) is 0 Å². The Balaban J connectivity index is 1.51. The van der Waals surface area contributed by atoms with Gasteiger partial charge in [-0.05, 0) is 30.4 Å². The molecule has 1 heterocycles. The van der Waals surface area contributed by atoms with E-state index in [0.717, 1.165) is 23.9 Å². The van der Waals surface area contributed by atoms with Crippen molar-refractivity contribution in [3.63, 3.8) is 0 Å². The fourth-order valence-electron chi connectivity index (χ4n) is 2.86. The highest BCUT2D eigenvalue weighted by Crippen LogP contribution is 2.41. The molecule has 1 aromatic carbocycles. The zero-order valence-corrected chi connectivity index (χ0v) is 15.7. The monoisotopic (exact) mass is 342 g/mol. The minimum Gasteiger partial charge on any atom is -0.353 e. The van der Waals surface area contributed by atoms with E-state index >= 15 is 0 Å². The zero-order valence-electron chi connectivity index (χ0n) is 14.8. The molecular weight excluding hydrogens is 316 g/mol. The Labute approximate surface area is 148 Å². The van der Waals surface area contributed by atoms with Gasteiger partial charge in [-0.1, -0.05) is 38.1 Å². The Morgan fingerprint density at radius 1 is 1.33 bits per heavy atom. The van der Waals surface area contributed by atoms with E-state index in [2.05, 4.69) is 65.6 Å². The molecule has 2 N–H and O–H groups in total. The molecule has 1 fully saturated rings. The maximum atomic E-state index is 4.37. The van der Waals surface area contributed by atoms with Crippen LogP contribution in [0.4, 0.5) is 0 Å². The van der Waals surface area contributed by atoms with Crippen LogP contribution in [0.3, 0.4) is 0 Å². The van der Waals surface area contributed by atoms with Crippen LogP contribution in [0, 0.1) is 6.92 Å². The number of thiazole rings is 1. The first-order valence-corrected chi connectivity index (χ1v) is 9.37. The van der Waals surface area contributed by atoms with Crippen LogP contribution < -0.4 is 10.6 Å². The van der Waals surface area contributed by atoms with Crippen molar-refractivity contribution in [2.24, 2.45) is 4.99 Å². The molecule has 0 bridgehead atoms. The van der Waals surface area contributed by atoms with E-state index in [1.165, 1.54) is 16.0 Å². The Morgan fingerprint density at radius 2 is 2.08 bits per heavy atom. The van der Waals surface area contributed by atoms with Crippen LogP contribution in [-0.2, 0) is 6.54 Å². The van der Waals surface area contributed by atoms with Crippen LogP contribution >= 0.6 is 11.3 Å². The third-order valence-electron chi connectivity index (χ3n) is 4.44. The van der Waals surface area contributed by atoms with Gasteiger partial charge < -0.3 is 10.6 Å². The van der Waals surface area contributed by atoms with Crippen molar-refractivity contribution in [2.75, 3.05) is 7.05 Å². The molecule has 1 aliphatic rings. The molecule has 0 saturated heterocycles. The SMILES string of the molecule is CN=C(NCc1ncc(C)s1)NC1CC1c1ccc(C(C)C)cc1. The topological polar surface area (TPSA) is 49.3 Å². The lowest BCUT2D eigenvalue weighted by atomic mass is 10.0. The highest BCUT2D eigenvalue weighted by Gasteiger charge is 2.38. The second-order valence-electron chi connectivity index (χ2n) is 6.70. The summed E-state index contributed by atoms with van der Waals surface area (Å²) in [5.74, 6) is 2.03. The second-order valence-corrected chi connectivity index (χ2v) is 8.02. The lowest BCUT2D eigenvalue weighted by molar-refractivity contribution is 0.786.